The molecule has 7 heteroatoms. The molecule has 3 rings (SSSR count). The van der Waals surface area contributed by atoms with Crippen LogP contribution in [0.15, 0.2) is 10.7 Å². The normalized spacial score (nSPS) is 15.3. The minimum atomic E-state index is 0.461. The van der Waals surface area contributed by atoms with Crippen LogP contribution < -0.4 is 5.32 Å². The number of nitrogens with zero attached hydrogens (tertiary/aromatic N) is 5. The second-order valence-corrected chi connectivity index (χ2v) is 3.93. The van der Waals surface area contributed by atoms with Gasteiger partial charge in [0.2, 0.25) is 0 Å². The van der Waals surface area contributed by atoms with E-state index in [0.29, 0.717) is 18.5 Å². The maximum absolute atomic E-state index is 5.08. The van der Waals surface area contributed by atoms with Crippen molar-refractivity contribution in [3.63, 3.8) is 0 Å². The molecule has 0 bridgehead atoms. The number of aromatic nitrogens is 5. The van der Waals surface area contributed by atoms with E-state index in [1.807, 2.05) is 7.05 Å². The molecule has 0 atom stereocenters. The quantitative estimate of drug-likeness (QED) is 0.816. The minimum Gasteiger partial charge on any atom is -0.332 e. The summed E-state index contributed by atoms with van der Waals surface area (Å²) in [7, 11) is 1.84. The predicted octanol–water partition coefficient (Wildman–Crippen LogP) is 0.688. The van der Waals surface area contributed by atoms with Crippen molar-refractivity contribution in [2.75, 3.05) is 5.32 Å². The maximum Gasteiger partial charge on any atom is 0.321 e. The van der Waals surface area contributed by atoms with Gasteiger partial charge in [-0.3, -0.25) is 4.68 Å². The Labute approximate surface area is 91.8 Å². The van der Waals surface area contributed by atoms with Gasteiger partial charge in [0.15, 0.2) is 5.82 Å². The van der Waals surface area contributed by atoms with E-state index in [-0.39, 0.29) is 0 Å². The molecule has 0 unspecified atom stereocenters. The van der Waals surface area contributed by atoms with Crippen molar-refractivity contribution in [2.45, 2.75) is 25.3 Å². The van der Waals surface area contributed by atoms with Gasteiger partial charge < -0.3 is 9.84 Å². The van der Waals surface area contributed by atoms with Crippen molar-refractivity contribution in [1.29, 1.82) is 0 Å². The van der Waals surface area contributed by atoms with Crippen molar-refractivity contribution in [3.8, 4) is 0 Å². The lowest BCUT2D eigenvalue weighted by Crippen LogP contribution is -2.05. The molecule has 1 N–H and O–H groups in total. The number of rotatable bonds is 4. The summed E-state index contributed by atoms with van der Waals surface area (Å²) < 4.78 is 6.78. The highest BCUT2D eigenvalue weighted by Crippen LogP contribution is 2.38. The molecule has 7 nitrogen and oxygen atoms in total. The standard InChI is InChI=1S/C9H12N6O/c1-15-7(5-11-14-15)4-10-9-12-8(13-16-9)6-2-3-6/h5-6H,2-4H2,1H3,(H,10,12,13). The van der Waals surface area contributed by atoms with Gasteiger partial charge in [-0.2, -0.15) is 4.98 Å². The Kier molecular flexibility index (Phi) is 2.09. The van der Waals surface area contributed by atoms with Crippen molar-refractivity contribution >= 4 is 6.01 Å². The Balaban J connectivity index is 1.63. The van der Waals surface area contributed by atoms with Crippen molar-refractivity contribution in [2.24, 2.45) is 7.05 Å². The highest BCUT2D eigenvalue weighted by Gasteiger charge is 2.28. The van der Waals surface area contributed by atoms with E-state index in [9.17, 15) is 0 Å². The van der Waals surface area contributed by atoms with Crippen molar-refractivity contribution in [3.05, 3.63) is 17.7 Å². The highest BCUT2D eigenvalue weighted by molar-refractivity contribution is 5.21. The average molecular weight is 220 g/mol. The third kappa shape index (κ3) is 1.75. The van der Waals surface area contributed by atoms with Crippen LogP contribution in [0.2, 0.25) is 0 Å². The Bertz CT molecular complexity index is 486. The summed E-state index contributed by atoms with van der Waals surface area (Å²) in [5.74, 6) is 1.32. The van der Waals surface area contributed by atoms with Gasteiger partial charge in [-0.05, 0) is 12.8 Å². The molecule has 0 spiro atoms. The molecule has 0 amide bonds. The van der Waals surface area contributed by atoms with E-state index in [0.717, 1.165) is 11.5 Å². The number of hydrogen-bond acceptors (Lipinski definition) is 6. The van der Waals surface area contributed by atoms with Gasteiger partial charge in [0.25, 0.3) is 0 Å². The van der Waals surface area contributed by atoms with Crippen LogP contribution in [0.5, 0.6) is 0 Å². The second kappa shape index (κ2) is 3.58. The first-order chi connectivity index (χ1) is 7.83. The summed E-state index contributed by atoms with van der Waals surface area (Å²) in [6.07, 6.45) is 4.04. The smallest absolute Gasteiger partial charge is 0.321 e. The van der Waals surface area contributed by atoms with Crippen LogP contribution in [0.4, 0.5) is 6.01 Å². The molecule has 2 aromatic rings. The van der Waals surface area contributed by atoms with E-state index in [2.05, 4.69) is 25.8 Å². The zero-order chi connectivity index (χ0) is 11.0. The first-order valence-corrected chi connectivity index (χ1v) is 5.24. The fourth-order valence-electron chi connectivity index (χ4n) is 1.45. The highest BCUT2D eigenvalue weighted by atomic mass is 16.5. The minimum absolute atomic E-state index is 0.461. The molecular weight excluding hydrogens is 208 g/mol. The molecule has 0 radical (unpaired) electrons. The molecule has 1 saturated carbocycles. The lowest BCUT2D eigenvalue weighted by Gasteiger charge is -1.99. The Morgan fingerprint density at radius 3 is 3.12 bits per heavy atom. The summed E-state index contributed by atoms with van der Waals surface area (Å²) in [6, 6.07) is 0.461. The van der Waals surface area contributed by atoms with E-state index >= 15 is 0 Å². The van der Waals surface area contributed by atoms with Gasteiger partial charge in [-0.25, -0.2) is 0 Å². The Hall–Kier alpha value is -1.92. The van der Waals surface area contributed by atoms with Crippen LogP contribution >= 0.6 is 0 Å². The third-order valence-electron chi connectivity index (χ3n) is 2.61. The van der Waals surface area contributed by atoms with Crippen LogP contribution in [-0.4, -0.2) is 25.1 Å². The van der Waals surface area contributed by atoms with E-state index < -0.39 is 0 Å². The summed E-state index contributed by atoms with van der Waals surface area (Å²) >= 11 is 0. The van der Waals surface area contributed by atoms with Crippen LogP contribution in [0, 0.1) is 0 Å². The second-order valence-electron chi connectivity index (χ2n) is 3.93. The Morgan fingerprint density at radius 2 is 2.44 bits per heavy atom. The molecule has 84 valence electrons. The molecule has 16 heavy (non-hydrogen) atoms. The zero-order valence-electron chi connectivity index (χ0n) is 8.92. The van der Waals surface area contributed by atoms with Gasteiger partial charge >= 0.3 is 6.01 Å². The van der Waals surface area contributed by atoms with Gasteiger partial charge in [0.1, 0.15) is 0 Å². The summed E-state index contributed by atoms with van der Waals surface area (Å²) in [4.78, 5) is 4.26. The first-order valence-electron chi connectivity index (χ1n) is 5.24. The SMILES string of the molecule is Cn1nncc1CNc1nc(C2CC2)no1. The molecule has 0 saturated heterocycles. The zero-order valence-corrected chi connectivity index (χ0v) is 8.92. The van der Waals surface area contributed by atoms with Crippen molar-refractivity contribution < 1.29 is 4.52 Å². The molecule has 0 aromatic carbocycles. The summed E-state index contributed by atoms with van der Waals surface area (Å²) in [5, 5.41) is 14.6. The van der Waals surface area contributed by atoms with Gasteiger partial charge in [-0.1, -0.05) is 10.4 Å². The number of aryl methyl sites for hydroxylation is 1. The maximum atomic E-state index is 5.08. The molecule has 1 fully saturated rings. The topological polar surface area (TPSA) is 81.7 Å². The fourth-order valence-corrected chi connectivity index (χ4v) is 1.45. The monoisotopic (exact) mass is 220 g/mol. The third-order valence-corrected chi connectivity index (χ3v) is 2.61. The first kappa shape index (κ1) is 9.32. The molecule has 2 heterocycles. The Morgan fingerprint density at radius 1 is 1.56 bits per heavy atom. The van der Waals surface area contributed by atoms with E-state index in [1.165, 1.54) is 12.8 Å². The van der Waals surface area contributed by atoms with Gasteiger partial charge in [0, 0.05) is 13.0 Å². The van der Waals surface area contributed by atoms with Crippen LogP contribution in [-0.2, 0) is 13.6 Å². The largest absolute Gasteiger partial charge is 0.332 e. The van der Waals surface area contributed by atoms with E-state index in [4.69, 9.17) is 4.52 Å². The molecule has 1 aliphatic rings. The number of hydrogen-bond donors (Lipinski definition) is 1. The van der Waals surface area contributed by atoms with Crippen LogP contribution in [0.25, 0.3) is 0 Å². The van der Waals surface area contributed by atoms with Crippen molar-refractivity contribution in [1.82, 2.24) is 25.1 Å². The van der Waals surface area contributed by atoms with Gasteiger partial charge in [0.05, 0.1) is 18.4 Å². The molecular formula is C9H12N6O. The number of nitrogens with one attached hydrogen (secondary N) is 1. The average Bonchev–Trinajstić information content (AvgIpc) is 2.89. The summed E-state index contributed by atoms with van der Waals surface area (Å²) in [6.45, 7) is 0.579. The number of anilines is 1. The molecule has 0 aliphatic heterocycles. The summed E-state index contributed by atoms with van der Waals surface area (Å²) in [5.41, 5.74) is 0.964. The lowest BCUT2D eigenvalue weighted by molar-refractivity contribution is 0.422. The molecule has 2 aromatic heterocycles. The molecule has 1 aliphatic carbocycles. The fraction of sp³-hybridized carbons (Fsp3) is 0.556. The van der Waals surface area contributed by atoms with E-state index in [1.54, 1.807) is 10.9 Å². The van der Waals surface area contributed by atoms with Crippen LogP contribution in [0.3, 0.4) is 0 Å². The predicted molar refractivity (Wildman–Crippen MR) is 54.6 cm³/mol. The van der Waals surface area contributed by atoms with Crippen LogP contribution in [0.1, 0.15) is 30.3 Å². The van der Waals surface area contributed by atoms with Gasteiger partial charge in [-0.15, -0.1) is 5.10 Å². The lowest BCUT2D eigenvalue weighted by atomic mass is 10.4.